The number of nitrogens with one attached hydrogen (secondary N) is 2. The van der Waals surface area contributed by atoms with Gasteiger partial charge in [-0.05, 0) is 41.5 Å². The molecule has 0 saturated heterocycles. The lowest BCUT2D eigenvalue weighted by molar-refractivity contribution is -0.111. The maximum absolute atomic E-state index is 11.3. The fourth-order valence-corrected chi connectivity index (χ4v) is 2.12. The molecule has 2 rings (SSSR count). The summed E-state index contributed by atoms with van der Waals surface area (Å²) in [6.45, 7) is 3.41. The molecule has 0 spiro atoms. The molecule has 1 amide bonds. The lowest BCUT2D eigenvalue weighted by Crippen LogP contribution is -2.07. The Morgan fingerprint density at radius 1 is 1.29 bits per heavy atom. The number of nitrogen functional groups attached to an aromatic ring is 1. The van der Waals surface area contributed by atoms with E-state index in [-0.39, 0.29) is 5.91 Å². The Bertz CT molecular complexity index is 725. The van der Waals surface area contributed by atoms with Crippen LogP contribution in [-0.4, -0.2) is 12.1 Å². The van der Waals surface area contributed by atoms with Crippen molar-refractivity contribution < 1.29 is 4.79 Å². The maximum Gasteiger partial charge on any atom is 0.247 e. The third kappa shape index (κ3) is 3.30. The molecule has 5 heteroatoms. The number of benzene rings is 2. The molecule has 0 aliphatic carbocycles. The van der Waals surface area contributed by atoms with E-state index in [0.29, 0.717) is 22.0 Å². The average molecular weight is 300 g/mol. The summed E-state index contributed by atoms with van der Waals surface area (Å²) < 4.78 is 0. The van der Waals surface area contributed by atoms with Gasteiger partial charge in [0.05, 0.1) is 10.7 Å². The maximum atomic E-state index is 11.3. The summed E-state index contributed by atoms with van der Waals surface area (Å²) in [4.78, 5) is 11.3. The number of halogens is 1. The molecule has 4 nitrogen and oxygen atoms in total. The number of nitrogens with two attached hydrogens (primary N) is 1. The van der Waals surface area contributed by atoms with Gasteiger partial charge in [0.1, 0.15) is 0 Å². The van der Waals surface area contributed by atoms with Crippen LogP contribution in [0.5, 0.6) is 0 Å². The zero-order valence-electron chi connectivity index (χ0n) is 11.2. The largest absolute Gasteiger partial charge is 0.397 e. The van der Waals surface area contributed by atoms with Crippen LogP contribution in [0, 0.1) is 5.41 Å². The summed E-state index contributed by atoms with van der Waals surface area (Å²) in [5, 5.41) is 10.5. The van der Waals surface area contributed by atoms with Crippen LogP contribution in [0.4, 0.5) is 11.4 Å². The van der Waals surface area contributed by atoms with E-state index >= 15 is 0 Å². The van der Waals surface area contributed by atoms with E-state index < -0.39 is 0 Å². The Kier molecular flexibility index (Phi) is 4.40. The molecule has 106 valence electrons. The van der Waals surface area contributed by atoms with E-state index in [1.165, 1.54) is 6.08 Å². The Morgan fingerprint density at radius 3 is 2.71 bits per heavy atom. The number of amides is 1. The van der Waals surface area contributed by atoms with Crippen molar-refractivity contribution in [2.24, 2.45) is 0 Å². The minimum Gasteiger partial charge on any atom is -0.397 e. The van der Waals surface area contributed by atoms with Crippen LogP contribution in [0.25, 0.3) is 11.1 Å². The summed E-state index contributed by atoms with van der Waals surface area (Å²) in [6, 6.07) is 10.8. The number of rotatable bonds is 4. The van der Waals surface area contributed by atoms with Crippen LogP contribution in [0.2, 0.25) is 5.02 Å². The zero-order chi connectivity index (χ0) is 15.4. The molecule has 0 radical (unpaired) electrons. The van der Waals surface area contributed by atoms with Crippen LogP contribution < -0.4 is 11.1 Å². The third-order valence-electron chi connectivity index (χ3n) is 2.97. The van der Waals surface area contributed by atoms with E-state index in [9.17, 15) is 4.79 Å². The van der Waals surface area contributed by atoms with Gasteiger partial charge >= 0.3 is 0 Å². The van der Waals surface area contributed by atoms with Gasteiger partial charge in [-0.15, -0.1) is 0 Å². The molecule has 0 heterocycles. The standard InChI is InChI=1S/C16H14ClN3O/c1-2-15(21)20-13-5-3-4-10(7-13)11-6-12(9-18)16(19)14(17)8-11/h2-9,18H,1,19H2,(H,20,21). The first kappa shape index (κ1) is 14.8. The van der Waals surface area contributed by atoms with E-state index in [0.717, 1.165) is 17.3 Å². The predicted octanol–water partition coefficient (Wildman–Crippen LogP) is 3.71. The second kappa shape index (κ2) is 6.24. The van der Waals surface area contributed by atoms with Crippen LogP contribution in [0.3, 0.4) is 0 Å². The molecule has 0 aliphatic heterocycles. The Labute approximate surface area is 127 Å². The number of anilines is 2. The highest BCUT2D eigenvalue weighted by molar-refractivity contribution is 6.34. The summed E-state index contributed by atoms with van der Waals surface area (Å²) in [6.07, 6.45) is 2.37. The first-order chi connectivity index (χ1) is 10.0. The van der Waals surface area contributed by atoms with E-state index in [1.807, 2.05) is 18.2 Å². The van der Waals surface area contributed by atoms with Gasteiger partial charge in [0.25, 0.3) is 0 Å². The van der Waals surface area contributed by atoms with Crippen molar-refractivity contribution in [3.63, 3.8) is 0 Å². The van der Waals surface area contributed by atoms with Gasteiger partial charge < -0.3 is 16.5 Å². The van der Waals surface area contributed by atoms with Crippen molar-refractivity contribution in [1.29, 1.82) is 5.41 Å². The molecule has 0 fully saturated rings. The first-order valence-electron chi connectivity index (χ1n) is 6.18. The molecular formula is C16H14ClN3O. The minimum absolute atomic E-state index is 0.275. The van der Waals surface area contributed by atoms with Crippen molar-refractivity contribution >= 4 is 35.1 Å². The summed E-state index contributed by atoms with van der Waals surface area (Å²) in [7, 11) is 0. The molecule has 0 bridgehead atoms. The molecule has 4 N–H and O–H groups in total. The van der Waals surface area contributed by atoms with Gasteiger partial charge in [0.2, 0.25) is 5.91 Å². The number of carbonyl (C=O) groups is 1. The molecule has 2 aromatic carbocycles. The quantitative estimate of drug-likeness (QED) is 0.457. The SMILES string of the molecule is C=CC(=O)Nc1cccc(-c2cc(Cl)c(N)c(C=N)c2)c1. The van der Waals surface area contributed by atoms with Crippen LogP contribution >= 0.6 is 11.6 Å². The summed E-state index contributed by atoms with van der Waals surface area (Å²) >= 11 is 6.08. The van der Waals surface area contributed by atoms with E-state index in [1.54, 1.807) is 18.2 Å². The molecule has 0 aromatic heterocycles. The number of hydrogen-bond donors (Lipinski definition) is 3. The molecule has 0 aliphatic rings. The molecule has 0 atom stereocenters. The topological polar surface area (TPSA) is 79.0 Å². The van der Waals surface area contributed by atoms with Crippen molar-refractivity contribution in [2.75, 3.05) is 11.1 Å². The van der Waals surface area contributed by atoms with Gasteiger partial charge in [-0.25, -0.2) is 0 Å². The second-order valence-electron chi connectivity index (χ2n) is 4.38. The molecule has 0 unspecified atom stereocenters. The van der Waals surface area contributed by atoms with E-state index in [2.05, 4.69) is 11.9 Å². The molecular weight excluding hydrogens is 286 g/mol. The minimum atomic E-state index is -0.275. The van der Waals surface area contributed by atoms with Gasteiger partial charge in [0.15, 0.2) is 0 Å². The highest BCUT2D eigenvalue weighted by Gasteiger charge is 2.07. The van der Waals surface area contributed by atoms with Crippen LogP contribution in [0.1, 0.15) is 5.56 Å². The average Bonchev–Trinajstić information content (AvgIpc) is 2.50. The van der Waals surface area contributed by atoms with Crippen molar-refractivity contribution in [3.05, 3.63) is 59.6 Å². The summed E-state index contributed by atoms with van der Waals surface area (Å²) in [5.74, 6) is -0.275. The van der Waals surface area contributed by atoms with Gasteiger partial charge in [0, 0.05) is 17.5 Å². The second-order valence-corrected chi connectivity index (χ2v) is 4.79. The number of hydrogen-bond acceptors (Lipinski definition) is 3. The molecule has 0 saturated carbocycles. The third-order valence-corrected chi connectivity index (χ3v) is 3.28. The van der Waals surface area contributed by atoms with Crippen molar-refractivity contribution in [3.8, 4) is 11.1 Å². The normalized spacial score (nSPS) is 9.95. The Balaban J connectivity index is 2.45. The number of carbonyl (C=O) groups excluding carboxylic acids is 1. The summed E-state index contributed by atoms with van der Waals surface area (Å²) in [5.41, 5.74) is 9.08. The van der Waals surface area contributed by atoms with Crippen molar-refractivity contribution in [2.45, 2.75) is 0 Å². The fraction of sp³-hybridized carbons (Fsp3) is 0. The highest BCUT2D eigenvalue weighted by Crippen LogP contribution is 2.31. The van der Waals surface area contributed by atoms with Gasteiger partial charge in [-0.3, -0.25) is 4.79 Å². The van der Waals surface area contributed by atoms with Gasteiger partial charge in [-0.2, -0.15) is 0 Å². The van der Waals surface area contributed by atoms with E-state index in [4.69, 9.17) is 22.7 Å². The zero-order valence-corrected chi connectivity index (χ0v) is 11.9. The predicted molar refractivity (Wildman–Crippen MR) is 88.0 cm³/mol. The fourth-order valence-electron chi connectivity index (χ4n) is 1.89. The Morgan fingerprint density at radius 2 is 2.05 bits per heavy atom. The Hall–Kier alpha value is -2.59. The highest BCUT2D eigenvalue weighted by atomic mass is 35.5. The van der Waals surface area contributed by atoms with Crippen LogP contribution in [0.15, 0.2) is 49.1 Å². The van der Waals surface area contributed by atoms with Crippen LogP contribution in [-0.2, 0) is 4.79 Å². The smallest absolute Gasteiger partial charge is 0.247 e. The molecule has 2 aromatic rings. The lowest BCUT2D eigenvalue weighted by Gasteiger charge is -2.09. The van der Waals surface area contributed by atoms with Gasteiger partial charge in [-0.1, -0.05) is 30.3 Å². The monoisotopic (exact) mass is 299 g/mol. The first-order valence-corrected chi connectivity index (χ1v) is 6.56. The lowest BCUT2D eigenvalue weighted by atomic mass is 10.0. The van der Waals surface area contributed by atoms with Crippen molar-refractivity contribution in [1.82, 2.24) is 0 Å². The molecule has 21 heavy (non-hydrogen) atoms.